The first kappa shape index (κ1) is 16.0. The Hall–Kier alpha value is -1.36. The quantitative estimate of drug-likeness (QED) is 0.922. The van der Waals surface area contributed by atoms with Gasteiger partial charge < -0.3 is 15.1 Å². The molecule has 1 saturated heterocycles. The topological polar surface area (TPSA) is 44.3 Å². The van der Waals surface area contributed by atoms with Crippen molar-refractivity contribution in [3.63, 3.8) is 0 Å². The molecule has 0 spiro atoms. The lowest BCUT2D eigenvalue weighted by Crippen LogP contribution is -2.32. The molecule has 118 valence electrons. The molecule has 0 saturated carbocycles. The van der Waals surface area contributed by atoms with Gasteiger partial charge in [0, 0.05) is 37.2 Å². The highest BCUT2D eigenvalue weighted by Crippen LogP contribution is 2.26. The Morgan fingerprint density at radius 1 is 1.33 bits per heavy atom. The zero-order valence-corrected chi connectivity index (χ0v) is 14.3. The summed E-state index contributed by atoms with van der Waals surface area (Å²) in [6.45, 7) is 11.6. The van der Waals surface area contributed by atoms with E-state index in [4.69, 9.17) is 4.98 Å². The fourth-order valence-electron chi connectivity index (χ4n) is 2.57. The Kier molecular flexibility index (Phi) is 4.71. The number of rotatable bonds is 4. The summed E-state index contributed by atoms with van der Waals surface area (Å²) in [7, 11) is 4.30. The summed E-state index contributed by atoms with van der Waals surface area (Å²) >= 11 is 0. The molecule has 5 heteroatoms. The van der Waals surface area contributed by atoms with Crippen molar-refractivity contribution in [3.8, 4) is 0 Å². The van der Waals surface area contributed by atoms with E-state index in [9.17, 15) is 0 Å². The van der Waals surface area contributed by atoms with Gasteiger partial charge in [0.15, 0.2) is 0 Å². The summed E-state index contributed by atoms with van der Waals surface area (Å²) in [5, 5.41) is 3.33. The summed E-state index contributed by atoms with van der Waals surface area (Å²) in [5.74, 6) is 2.89. The van der Waals surface area contributed by atoms with Crippen LogP contribution in [0.15, 0.2) is 6.07 Å². The Bertz CT molecular complexity index is 478. The molecule has 0 bridgehead atoms. The number of hydrogen-bond donors (Lipinski definition) is 1. The molecule has 21 heavy (non-hydrogen) atoms. The third-order valence-corrected chi connectivity index (χ3v) is 3.96. The van der Waals surface area contributed by atoms with Gasteiger partial charge in [-0.15, -0.1) is 0 Å². The first-order chi connectivity index (χ1) is 9.81. The molecule has 5 nitrogen and oxygen atoms in total. The van der Waals surface area contributed by atoms with Crippen LogP contribution in [0.25, 0.3) is 0 Å². The molecule has 1 atom stereocenters. The smallest absolute Gasteiger partial charge is 0.138 e. The molecule has 2 heterocycles. The molecule has 1 aromatic heterocycles. The molecule has 0 aromatic carbocycles. The SMILES string of the molecule is CCNc1cc(N2CCC(N(C)C)C2)nc(C(C)(C)C)n1. The molecule has 1 aliphatic heterocycles. The molecular formula is C16H29N5. The van der Waals surface area contributed by atoms with E-state index >= 15 is 0 Å². The maximum absolute atomic E-state index is 4.82. The standard InChI is InChI=1S/C16H29N5/c1-7-17-13-10-14(19-15(18-13)16(2,3)4)21-9-8-12(11-21)20(5)6/h10,12H,7-9,11H2,1-6H3,(H,17,18,19). The first-order valence-electron chi connectivity index (χ1n) is 7.86. The van der Waals surface area contributed by atoms with Crippen molar-refractivity contribution >= 4 is 11.6 Å². The average molecular weight is 291 g/mol. The van der Waals surface area contributed by atoms with E-state index in [0.29, 0.717) is 6.04 Å². The van der Waals surface area contributed by atoms with Crippen LogP contribution in [-0.4, -0.2) is 54.6 Å². The Morgan fingerprint density at radius 2 is 2.05 bits per heavy atom. The van der Waals surface area contributed by atoms with Crippen molar-refractivity contribution in [2.24, 2.45) is 0 Å². The van der Waals surface area contributed by atoms with Crippen LogP contribution in [-0.2, 0) is 5.41 Å². The van der Waals surface area contributed by atoms with Gasteiger partial charge in [-0.25, -0.2) is 9.97 Å². The van der Waals surface area contributed by atoms with E-state index in [2.05, 4.69) is 68.0 Å². The van der Waals surface area contributed by atoms with Crippen LogP contribution in [0.3, 0.4) is 0 Å². The van der Waals surface area contributed by atoms with Gasteiger partial charge in [0.25, 0.3) is 0 Å². The molecule has 1 fully saturated rings. The summed E-state index contributed by atoms with van der Waals surface area (Å²) < 4.78 is 0. The van der Waals surface area contributed by atoms with Crippen LogP contribution in [0.5, 0.6) is 0 Å². The first-order valence-corrected chi connectivity index (χ1v) is 7.86. The highest BCUT2D eigenvalue weighted by molar-refractivity contribution is 5.50. The minimum atomic E-state index is -0.0408. The predicted octanol–water partition coefficient (Wildman–Crippen LogP) is 2.35. The highest BCUT2D eigenvalue weighted by Gasteiger charge is 2.27. The van der Waals surface area contributed by atoms with Crippen LogP contribution >= 0.6 is 0 Å². The molecule has 2 rings (SSSR count). The van der Waals surface area contributed by atoms with Crippen LogP contribution in [0.2, 0.25) is 0 Å². The van der Waals surface area contributed by atoms with Crippen molar-refractivity contribution < 1.29 is 0 Å². The van der Waals surface area contributed by atoms with Crippen molar-refractivity contribution in [3.05, 3.63) is 11.9 Å². The molecule has 1 N–H and O–H groups in total. The minimum Gasteiger partial charge on any atom is -0.370 e. The van der Waals surface area contributed by atoms with Gasteiger partial charge in [-0.3, -0.25) is 0 Å². The van der Waals surface area contributed by atoms with Crippen LogP contribution in [0, 0.1) is 0 Å². The van der Waals surface area contributed by atoms with E-state index < -0.39 is 0 Å². The Balaban J connectivity index is 2.28. The largest absolute Gasteiger partial charge is 0.370 e. The second-order valence-electron chi connectivity index (χ2n) is 7.07. The molecule has 1 aliphatic rings. The molecule has 0 radical (unpaired) electrons. The van der Waals surface area contributed by atoms with Gasteiger partial charge in [-0.05, 0) is 27.4 Å². The van der Waals surface area contributed by atoms with Crippen LogP contribution < -0.4 is 10.2 Å². The number of hydrogen-bond acceptors (Lipinski definition) is 5. The summed E-state index contributed by atoms with van der Waals surface area (Å²) in [6, 6.07) is 2.69. The maximum atomic E-state index is 4.82. The number of nitrogens with zero attached hydrogens (tertiary/aromatic N) is 4. The second-order valence-corrected chi connectivity index (χ2v) is 7.07. The second kappa shape index (κ2) is 6.18. The number of anilines is 2. The number of likely N-dealkylation sites (N-methyl/N-ethyl adjacent to an activating group) is 1. The summed E-state index contributed by atoms with van der Waals surface area (Å²) in [6.07, 6.45) is 1.19. The average Bonchev–Trinajstić information content (AvgIpc) is 2.87. The molecule has 0 amide bonds. The zero-order chi connectivity index (χ0) is 15.6. The molecular weight excluding hydrogens is 262 g/mol. The number of aromatic nitrogens is 2. The lowest BCUT2D eigenvalue weighted by molar-refractivity contribution is 0.315. The lowest BCUT2D eigenvalue weighted by atomic mass is 9.96. The Morgan fingerprint density at radius 3 is 2.57 bits per heavy atom. The van der Waals surface area contributed by atoms with E-state index in [-0.39, 0.29) is 5.41 Å². The van der Waals surface area contributed by atoms with Crippen molar-refractivity contribution in [2.75, 3.05) is 43.9 Å². The van der Waals surface area contributed by atoms with E-state index in [1.165, 1.54) is 6.42 Å². The Labute approximate surface area is 128 Å². The minimum absolute atomic E-state index is 0.0408. The maximum Gasteiger partial charge on any atom is 0.138 e. The van der Waals surface area contributed by atoms with Gasteiger partial charge >= 0.3 is 0 Å². The fraction of sp³-hybridized carbons (Fsp3) is 0.750. The van der Waals surface area contributed by atoms with Gasteiger partial charge in [0.05, 0.1) is 0 Å². The van der Waals surface area contributed by atoms with Crippen molar-refractivity contribution in [1.29, 1.82) is 0 Å². The summed E-state index contributed by atoms with van der Waals surface area (Å²) in [5.41, 5.74) is -0.0408. The molecule has 1 aromatic rings. The highest BCUT2D eigenvalue weighted by atomic mass is 15.3. The van der Waals surface area contributed by atoms with Gasteiger partial charge in [-0.2, -0.15) is 0 Å². The third-order valence-electron chi connectivity index (χ3n) is 3.96. The summed E-state index contributed by atoms with van der Waals surface area (Å²) in [4.78, 5) is 14.2. The van der Waals surface area contributed by atoms with Gasteiger partial charge in [0.2, 0.25) is 0 Å². The lowest BCUT2D eigenvalue weighted by Gasteiger charge is -2.24. The third kappa shape index (κ3) is 3.84. The van der Waals surface area contributed by atoms with Gasteiger partial charge in [0.1, 0.15) is 17.5 Å². The van der Waals surface area contributed by atoms with E-state index in [0.717, 1.165) is 37.1 Å². The number of nitrogens with one attached hydrogen (secondary N) is 1. The van der Waals surface area contributed by atoms with Crippen molar-refractivity contribution in [1.82, 2.24) is 14.9 Å². The molecule has 1 unspecified atom stereocenters. The fourth-order valence-corrected chi connectivity index (χ4v) is 2.57. The van der Waals surface area contributed by atoms with E-state index in [1.54, 1.807) is 0 Å². The van der Waals surface area contributed by atoms with E-state index in [1.807, 2.05) is 0 Å². The monoisotopic (exact) mass is 291 g/mol. The molecule has 0 aliphatic carbocycles. The predicted molar refractivity (Wildman–Crippen MR) is 89.2 cm³/mol. The van der Waals surface area contributed by atoms with Crippen molar-refractivity contribution in [2.45, 2.75) is 45.6 Å². The normalized spacial score (nSPS) is 19.4. The van der Waals surface area contributed by atoms with Crippen LogP contribution in [0.4, 0.5) is 11.6 Å². The van der Waals surface area contributed by atoms with Crippen LogP contribution in [0.1, 0.15) is 39.9 Å². The zero-order valence-electron chi connectivity index (χ0n) is 14.3. The van der Waals surface area contributed by atoms with Gasteiger partial charge in [-0.1, -0.05) is 20.8 Å².